The number of hydrogen-bond acceptors (Lipinski definition) is 5. The van der Waals surface area contributed by atoms with Crippen LogP contribution in [0.5, 0.6) is 0 Å². The quantitative estimate of drug-likeness (QED) is 0.780. The Morgan fingerprint density at radius 1 is 1.47 bits per heavy atom. The van der Waals surface area contributed by atoms with E-state index in [1.165, 1.54) is 0 Å². The summed E-state index contributed by atoms with van der Waals surface area (Å²) < 4.78 is 5.33. The minimum Gasteiger partial charge on any atom is -0.394 e. The van der Waals surface area contributed by atoms with Crippen molar-refractivity contribution >= 4 is 5.82 Å². The molecule has 1 aliphatic rings. The van der Waals surface area contributed by atoms with Crippen LogP contribution >= 0.6 is 0 Å². The van der Waals surface area contributed by atoms with E-state index in [0.717, 1.165) is 17.1 Å². The van der Waals surface area contributed by atoms with Gasteiger partial charge in [-0.25, -0.2) is 4.98 Å². The van der Waals surface area contributed by atoms with Gasteiger partial charge in [0.15, 0.2) is 0 Å². The summed E-state index contributed by atoms with van der Waals surface area (Å²) in [6.07, 6.45) is 0. The third-order valence-corrected chi connectivity index (χ3v) is 2.91. The van der Waals surface area contributed by atoms with Crippen LogP contribution in [0.2, 0.25) is 0 Å². The highest BCUT2D eigenvalue weighted by Gasteiger charge is 2.23. The van der Waals surface area contributed by atoms with Crippen molar-refractivity contribution in [2.75, 3.05) is 31.3 Å². The monoisotopic (exact) mass is 238 g/mol. The topological polar surface area (TPSA) is 65.8 Å². The lowest BCUT2D eigenvalue weighted by molar-refractivity contribution is 0.0722. The lowest BCUT2D eigenvalue weighted by Gasteiger charge is -2.35. The predicted octanol–water partition coefficient (Wildman–Crippen LogP) is 0.0798. The van der Waals surface area contributed by atoms with Crippen LogP contribution in [0, 0.1) is 6.92 Å². The van der Waals surface area contributed by atoms with Crippen molar-refractivity contribution in [1.29, 1.82) is 0 Å². The summed E-state index contributed by atoms with van der Waals surface area (Å²) in [4.78, 5) is 6.49. The smallest absolute Gasteiger partial charge is 0.129 e. The molecule has 0 aromatic carbocycles. The number of anilines is 1. The highest BCUT2D eigenvalue weighted by molar-refractivity contribution is 5.44. The van der Waals surface area contributed by atoms with Gasteiger partial charge in [0, 0.05) is 12.2 Å². The molecule has 2 heterocycles. The fourth-order valence-corrected chi connectivity index (χ4v) is 2.07. The first-order valence-corrected chi connectivity index (χ1v) is 5.78. The maximum atomic E-state index is 9.32. The van der Waals surface area contributed by atoms with Crippen molar-refractivity contribution in [3.05, 3.63) is 23.4 Å². The Labute approximate surface area is 101 Å². The Balaban J connectivity index is 2.27. The van der Waals surface area contributed by atoms with Crippen molar-refractivity contribution in [3.8, 4) is 0 Å². The van der Waals surface area contributed by atoms with Crippen molar-refractivity contribution in [3.63, 3.8) is 0 Å². The Morgan fingerprint density at radius 2 is 2.29 bits per heavy atom. The second-order valence-electron chi connectivity index (χ2n) is 4.24. The van der Waals surface area contributed by atoms with E-state index in [9.17, 15) is 10.2 Å². The van der Waals surface area contributed by atoms with Crippen LogP contribution in [-0.2, 0) is 11.3 Å². The lowest BCUT2D eigenvalue weighted by atomic mass is 10.2. The molecule has 1 aromatic heterocycles. The molecule has 2 N–H and O–H groups in total. The summed E-state index contributed by atoms with van der Waals surface area (Å²) in [6.45, 7) is 3.82. The van der Waals surface area contributed by atoms with E-state index in [0.29, 0.717) is 19.8 Å². The third kappa shape index (κ3) is 2.74. The van der Waals surface area contributed by atoms with Gasteiger partial charge in [0.2, 0.25) is 0 Å². The number of pyridine rings is 1. The number of aryl methyl sites for hydroxylation is 1. The van der Waals surface area contributed by atoms with Gasteiger partial charge >= 0.3 is 0 Å². The van der Waals surface area contributed by atoms with Crippen molar-refractivity contribution in [2.45, 2.75) is 19.6 Å². The molecule has 0 spiro atoms. The van der Waals surface area contributed by atoms with Gasteiger partial charge in [-0.1, -0.05) is 0 Å². The Kier molecular flexibility index (Phi) is 3.93. The Hall–Kier alpha value is -1.17. The van der Waals surface area contributed by atoms with E-state index in [1.54, 1.807) is 0 Å². The number of aromatic nitrogens is 1. The van der Waals surface area contributed by atoms with E-state index in [1.807, 2.05) is 24.0 Å². The molecule has 1 aliphatic heterocycles. The molecule has 94 valence electrons. The molecule has 0 radical (unpaired) electrons. The van der Waals surface area contributed by atoms with Crippen LogP contribution < -0.4 is 4.90 Å². The Morgan fingerprint density at radius 3 is 3.00 bits per heavy atom. The molecule has 0 bridgehead atoms. The minimum absolute atomic E-state index is 0.00446. The number of rotatable bonds is 3. The van der Waals surface area contributed by atoms with Crippen molar-refractivity contribution < 1.29 is 14.9 Å². The van der Waals surface area contributed by atoms with Crippen molar-refractivity contribution in [1.82, 2.24) is 4.98 Å². The molecule has 5 heteroatoms. The van der Waals surface area contributed by atoms with Gasteiger partial charge in [0.25, 0.3) is 0 Å². The van der Waals surface area contributed by atoms with E-state index in [-0.39, 0.29) is 19.3 Å². The molecular formula is C12H18N2O3. The summed E-state index contributed by atoms with van der Waals surface area (Å²) in [6, 6.07) is 3.67. The van der Waals surface area contributed by atoms with Crippen LogP contribution in [0.4, 0.5) is 5.82 Å². The number of ether oxygens (including phenoxy) is 1. The molecule has 0 aliphatic carbocycles. The molecule has 0 saturated carbocycles. The number of hydrogen-bond donors (Lipinski definition) is 2. The molecule has 1 aromatic rings. The molecule has 1 unspecified atom stereocenters. The highest BCUT2D eigenvalue weighted by Crippen LogP contribution is 2.19. The van der Waals surface area contributed by atoms with Crippen LogP contribution in [-0.4, -0.2) is 47.6 Å². The van der Waals surface area contributed by atoms with Gasteiger partial charge in [-0.05, 0) is 24.6 Å². The van der Waals surface area contributed by atoms with Gasteiger partial charge < -0.3 is 19.8 Å². The van der Waals surface area contributed by atoms with E-state index in [4.69, 9.17) is 4.74 Å². The number of nitrogens with zero attached hydrogens (tertiary/aromatic N) is 2. The fraction of sp³-hybridized carbons (Fsp3) is 0.583. The second kappa shape index (κ2) is 5.44. The summed E-state index contributed by atoms with van der Waals surface area (Å²) in [5, 5.41) is 18.5. The van der Waals surface area contributed by atoms with Gasteiger partial charge in [0.05, 0.1) is 32.5 Å². The maximum absolute atomic E-state index is 9.32. The summed E-state index contributed by atoms with van der Waals surface area (Å²) in [5.74, 6) is 0.802. The zero-order chi connectivity index (χ0) is 12.3. The van der Waals surface area contributed by atoms with Crippen LogP contribution in [0.3, 0.4) is 0 Å². The molecule has 2 rings (SSSR count). The third-order valence-electron chi connectivity index (χ3n) is 2.91. The molecular weight excluding hydrogens is 220 g/mol. The number of morpholine rings is 1. The zero-order valence-corrected chi connectivity index (χ0v) is 9.96. The SMILES string of the molecule is Cc1cc(CO)cc(N2CCOCC2CO)n1. The molecule has 17 heavy (non-hydrogen) atoms. The first kappa shape index (κ1) is 12.3. The second-order valence-corrected chi connectivity index (χ2v) is 4.24. The molecule has 1 saturated heterocycles. The summed E-state index contributed by atoms with van der Waals surface area (Å²) in [5.41, 5.74) is 1.71. The lowest BCUT2D eigenvalue weighted by Crippen LogP contribution is -2.48. The molecule has 5 nitrogen and oxygen atoms in total. The average Bonchev–Trinajstić information content (AvgIpc) is 2.37. The van der Waals surface area contributed by atoms with Gasteiger partial charge in [-0.2, -0.15) is 0 Å². The Bertz CT molecular complexity index is 384. The first-order chi connectivity index (χ1) is 8.24. The largest absolute Gasteiger partial charge is 0.394 e. The first-order valence-electron chi connectivity index (χ1n) is 5.78. The highest BCUT2D eigenvalue weighted by atomic mass is 16.5. The van der Waals surface area contributed by atoms with E-state index in [2.05, 4.69) is 4.98 Å². The van der Waals surface area contributed by atoms with Gasteiger partial charge in [-0.15, -0.1) is 0 Å². The maximum Gasteiger partial charge on any atom is 0.129 e. The summed E-state index contributed by atoms with van der Waals surface area (Å²) >= 11 is 0. The molecule has 0 amide bonds. The summed E-state index contributed by atoms with van der Waals surface area (Å²) in [7, 11) is 0. The molecule has 1 fully saturated rings. The molecule has 1 atom stereocenters. The van der Waals surface area contributed by atoms with E-state index >= 15 is 0 Å². The standard InChI is InChI=1S/C12H18N2O3/c1-9-4-10(6-15)5-12(13-9)14-2-3-17-8-11(14)7-16/h4-5,11,15-16H,2-3,6-8H2,1H3. The van der Waals surface area contributed by atoms with Crippen molar-refractivity contribution in [2.24, 2.45) is 0 Å². The fourth-order valence-electron chi connectivity index (χ4n) is 2.07. The average molecular weight is 238 g/mol. The number of aliphatic hydroxyl groups excluding tert-OH is 2. The zero-order valence-electron chi connectivity index (χ0n) is 9.96. The van der Waals surface area contributed by atoms with Gasteiger partial charge in [0.1, 0.15) is 5.82 Å². The van der Waals surface area contributed by atoms with Crippen LogP contribution in [0.25, 0.3) is 0 Å². The van der Waals surface area contributed by atoms with Crippen LogP contribution in [0.15, 0.2) is 12.1 Å². The normalized spacial score (nSPS) is 20.6. The number of aliphatic hydroxyl groups is 2. The van der Waals surface area contributed by atoms with Gasteiger partial charge in [-0.3, -0.25) is 0 Å². The van der Waals surface area contributed by atoms with E-state index < -0.39 is 0 Å². The van der Waals surface area contributed by atoms with Crippen LogP contribution in [0.1, 0.15) is 11.3 Å². The minimum atomic E-state index is -0.0513. The predicted molar refractivity (Wildman–Crippen MR) is 63.9 cm³/mol.